The molecule has 1 aliphatic heterocycles. The molecule has 3 aliphatic carbocycles. The molecule has 0 radical (unpaired) electrons. The molecule has 5 atom stereocenters. The third-order valence-electron chi connectivity index (χ3n) is 9.70. The number of nitrogens with zero attached hydrogens (tertiary/aromatic N) is 1. The van der Waals surface area contributed by atoms with Gasteiger partial charge in [0.1, 0.15) is 0 Å². The Labute approximate surface area is 186 Å². The zero-order valence-electron chi connectivity index (χ0n) is 20.1. The molecule has 0 amide bonds. The van der Waals surface area contributed by atoms with Crippen LogP contribution in [-0.2, 0) is 0 Å². The van der Waals surface area contributed by atoms with Crippen molar-refractivity contribution < 1.29 is 5.11 Å². The number of hydrogen-bond acceptors (Lipinski definition) is 2. The highest BCUT2D eigenvalue weighted by Gasteiger charge is 2.40. The summed E-state index contributed by atoms with van der Waals surface area (Å²) >= 11 is 0. The monoisotopic (exact) mass is 415 g/mol. The Morgan fingerprint density at radius 2 is 1.87 bits per heavy atom. The van der Waals surface area contributed by atoms with Crippen LogP contribution >= 0.6 is 0 Å². The van der Waals surface area contributed by atoms with Crippen LogP contribution in [-0.4, -0.2) is 35.2 Å². The topological polar surface area (TPSA) is 23.5 Å². The van der Waals surface area contributed by atoms with Gasteiger partial charge in [0.05, 0.1) is 5.60 Å². The average Bonchev–Trinajstić information content (AvgIpc) is 3.17. The molecule has 2 heteroatoms. The van der Waals surface area contributed by atoms with E-state index in [1.165, 1.54) is 95.6 Å². The smallest absolute Gasteiger partial charge is 0.0995 e. The third-order valence-corrected chi connectivity index (χ3v) is 9.70. The summed E-state index contributed by atoms with van der Waals surface area (Å²) in [6.45, 7) is 8.19. The zero-order valence-corrected chi connectivity index (χ0v) is 20.1. The lowest BCUT2D eigenvalue weighted by Crippen LogP contribution is -2.37. The zero-order chi connectivity index (χ0) is 21.0. The minimum absolute atomic E-state index is 0.506. The van der Waals surface area contributed by atoms with Crippen LogP contribution in [0, 0.1) is 29.6 Å². The van der Waals surface area contributed by atoms with E-state index in [9.17, 15) is 5.11 Å². The molecule has 0 aromatic carbocycles. The van der Waals surface area contributed by atoms with E-state index in [1.54, 1.807) is 0 Å². The lowest BCUT2D eigenvalue weighted by atomic mass is 9.67. The first kappa shape index (κ1) is 22.8. The Bertz CT molecular complexity index is 565. The van der Waals surface area contributed by atoms with Gasteiger partial charge in [-0.1, -0.05) is 58.4 Å². The van der Waals surface area contributed by atoms with E-state index in [2.05, 4.69) is 24.8 Å². The van der Waals surface area contributed by atoms with Gasteiger partial charge in [0.2, 0.25) is 0 Å². The van der Waals surface area contributed by atoms with Crippen molar-refractivity contribution in [1.82, 2.24) is 4.90 Å². The Morgan fingerprint density at radius 3 is 2.60 bits per heavy atom. The number of aliphatic hydroxyl groups is 1. The third kappa shape index (κ3) is 5.71. The summed E-state index contributed by atoms with van der Waals surface area (Å²) in [5.74, 6) is 4.72. The van der Waals surface area contributed by atoms with Crippen LogP contribution in [0.3, 0.4) is 0 Å². The van der Waals surface area contributed by atoms with E-state index in [-0.39, 0.29) is 0 Å². The van der Waals surface area contributed by atoms with Gasteiger partial charge in [0.15, 0.2) is 0 Å². The van der Waals surface area contributed by atoms with Crippen molar-refractivity contribution in [3.05, 3.63) is 11.6 Å². The number of β-amino-alcohol motifs (C(OH)–C–C–N with tert-alkyl or cyclic N) is 1. The highest BCUT2D eigenvalue weighted by molar-refractivity contribution is 5.21. The highest BCUT2D eigenvalue weighted by atomic mass is 16.3. The molecule has 0 bridgehead atoms. The number of likely N-dealkylation sites (tertiary alicyclic amines) is 1. The van der Waals surface area contributed by atoms with Crippen LogP contribution in [0.2, 0.25) is 0 Å². The molecule has 3 fully saturated rings. The fourth-order valence-electron chi connectivity index (χ4n) is 7.35. The number of hydrogen-bond donors (Lipinski definition) is 1. The van der Waals surface area contributed by atoms with Crippen LogP contribution in [0.1, 0.15) is 110 Å². The fourth-order valence-corrected chi connectivity index (χ4v) is 7.35. The van der Waals surface area contributed by atoms with Gasteiger partial charge in [0, 0.05) is 13.1 Å². The summed E-state index contributed by atoms with van der Waals surface area (Å²) < 4.78 is 0. The summed E-state index contributed by atoms with van der Waals surface area (Å²) in [7, 11) is 0. The molecule has 172 valence electrons. The fraction of sp³-hybridized carbons (Fsp3) is 0.929. The quantitative estimate of drug-likeness (QED) is 0.454. The first-order chi connectivity index (χ1) is 14.5. The minimum atomic E-state index is -0.506. The molecule has 2 nitrogen and oxygen atoms in total. The van der Waals surface area contributed by atoms with Crippen molar-refractivity contribution in [2.45, 2.75) is 116 Å². The van der Waals surface area contributed by atoms with Crippen LogP contribution in [0.4, 0.5) is 0 Å². The maximum atomic E-state index is 11.3. The van der Waals surface area contributed by atoms with Crippen molar-refractivity contribution in [1.29, 1.82) is 0 Å². The van der Waals surface area contributed by atoms with Gasteiger partial charge in [-0.05, 0) is 99.5 Å². The van der Waals surface area contributed by atoms with Crippen molar-refractivity contribution in [3.63, 3.8) is 0 Å². The van der Waals surface area contributed by atoms with E-state index in [4.69, 9.17) is 0 Å². The SMILES string of the molecule is CC1CCC(C(CCN2CCC(O)(C3=CCCCC3)C2)CC2CCCCC2)CC1C. The van der Waals surface area contributed by atoms with Gasteiger partial charge in [-0.25, -0.2) is 0 Å². The second-order valence-electron chi connectivity index (χ2n) is 11.8. The number of allylic oxidation sites excluding steroid dienone is 1. The maximum Gasteiger partial charge on any atom is 0.0995 e. The first-order valence-electron chi connectivity index (χ1n) is 13.7. The van der Waals surface area contributed by atoms with Crippen molar-refractivity contribution in [2.75, 3.05) is 19.6 Å². The van der Waals surface area contributed by atoms with E-state index < -0.39 is 5.60 Å². The lowest BCUT2D eigenvalue weighted by Gasteiger charge is -2.39. The van der Waals surface area contributed by atoms with Crippen molar-refractivity contribution in [3.8, 4) is 0 Å². The van der Waals surface area contributed by atoms with E-state index >= 15 is 0 Å². The minimum Gasteiger partial charge on any atom is -0.384 e. The predicted octanol–water partition coefficient (Wildman–Crippen LogP) is 6.97. The second-order valence-corrected chi connectivity index (χ2v) is 11.8. The Kier molecular flexibility index (Phi) is 8.01. The highest BCUT2D eigenvalue weighted by Crippen LogP contribution is 2.43. The van der Waals surface area contributed by atoms with Crippen molar-refractivity contribution >= 4 is 0 Å². The summed E-state index contributed by atoms with van der Waals surface area (Å²) in [5.41, 5.74) is 0.860. The van der Waals surface area contributed by atoms with Gasteiger partial charge in [-0.3, -0.25) is 0 Å². The van der Waals surface area contributed by atoms with Crippen LogP contribution < -0.4 is 0 Å². The summed E-state index contributed by atoms with van der Waals surface area (Å²) in [4.78, 5) is 2.61. The normalized spacial score (nSPS) is 37.8. The Hall–Kier alpha value is -0.340. The molecule has 0 aromatic rings. The molecule has 4 rings (SSSR count). The Morgan fingerprint density at radius 1 is 1.03 bits per heavy atom. The van der Waals surface area contributed by atoms with Crippen molar-refractivity contribution in [2.24, 2.45) is 29.6 Å². The predicted molar refractivity (Wildman–Crippen MR) is 128 cm³/mol. The van der Waals surface area contributed by atoms with Gasteiger partial charge >= 0.3 is 0 Å². The summed E-state index contributed by atoms with van der Waals surface area (Å²) in [5, 5.41) is 11.3. The molecule has 1 heterocycles. The molecule has 5 unspecified atom stereocenters. The first-order valence-corrected chi connectivity index (χ1v) is 13.7. The van der Waals surface area contributed by atoms with Crippen LogP contribution in [0.15, 0.2) is 11.6 Å². The molecule has 1 saturated heterocycles. The molecule has 1 N–H and O–H groups in total. The summed E-state index contributed by atoms with van der Waals surface area (Å²) in [6.07, 6.45) is 22.9. The molecule has 0 aromatic heterocycles. The Balaban J connectivity index is 1.33. The standard InChI is InChI=1S/C28H49NO/c1-22-13-14-25(19-23(22)2)26(20-24-9-5-3-6-10-24)15-17-29-18-16-28(30,21-29)27-11-7-4-8-12-27/h11,22-26,30H,3-10,12-21H2,1-2H3. The van der Waals surface area contributed by atoms with E-state index in [0.717, 1.165) is 55.5 Å². The maximum absolute atomic E-state index is 11.3. The molecule has 0 spiro atoms. The second kappa shape index (κ2) is 10.5. The lowest BCUT2D eigenvalue weighted by molar-refractivity contribution is 0.0763. The summed E-state index contributed by atoms with van der Waals surface area (Å²) in [6, 6.07) is 0. The van der Waals surface area contributed by atoms with Gasteiger partial charge < -0.3 is 10.0 Å². The van der Waals surface area contributed by atoms with Gasteiger partial charge in [-0.15, -0.1) is 0 Å². The molecule has 2 saturated carbocycles. The molecular weight excluding hydrogens is 366 g/mol. The average molecular weight is 416 g/mol. The molecular formula is C28H49NO. The van der Waals surface area contributed by atoms with E-state index in [1.807, 2.05) is 0 Å². The van der Waals surface area contributed by atoms with Gasteiger partial charge in [-0.2, -0.15) is 0 Å². The van der Waals surface area contributed by atoms with E-state index in [0.29, 0.717) is 0 Å². The van der Waals surface area contributed by atoms with Gasteiger partial charge in [0.25, 0.3) is 0 Å². The molecule has 30 heavy (non-hydrogen) atoms. The van der Waals surface area contributed by atoms with Crippen LogP contribution in [0.25, 0.3) is 0 Å². The number of rotatable bonds is 7. The molecule has 4 aliphatic rings. The largest absolute Gasteiger partial charge is 0.384 e. The van der Waals surface area contributed by atoms with Crippen LogP contribution in [0.5, 0.6) is 0 Å².